The third-order valence-corrected chi connectivity index (χ3v) is 2.62. The molecular formula is C15H18N2O2. The lowest BCUT2D eigenvalue weighted by Gasteiger charge is -2.14. The Morgan fingerprint density at radius 2 is 1.68 bits per heavy atom. The number of rotatable bonds is 6. The highest BCUT2D eigenvalue weighted by atomic mass is 16.5. The average Bonchev–Trinajstić information content (AvgIpc) is 2.47. The molecule has 0 aliphatic heterocycles. The van der Waals surface area contributed by atoms with E-state index >= 15 is 0 Å². The van der Waals surface area contributed by atoms with E-state index in [-0.39, 0.29) is 0 Å². The summed E-state index contributed by atoms with van der Waals surface area (Å²) in [5.74, 6) is 1.66. The molecular weight excluding hydrogens is 240 g/mol. The van der Waals surface area contributed by atoms with Crippen molar-refractivity contribution in [3.05, 3.63) is 48.5 Å². The predicted molar refractivity (Wildman–Crippen MR) is 77.9 cm³/mol. The second-order valence-corrected chi connectivity index (χ2v) is 3.91. The smallest absolute Gasteiger partial charge is 0.144 e. The molecule has 2 aromatic carbocycles. The van der Waals surface area contributed by atoms with E-state index in [2.05, 4.69) is 10.9 Å². The average molecular weight is 258 g/mol. The Hall–Kier alpha value is -2.36. The van der Waals surface area contributed by atoms with E-state index in [1.807, 2.05) is 55.5 Å². The van der Waals surface area contributed by atoms with Gasteiger partial charge in [0.1, 0.15) is 11.5 Å². The standard InChI is InChI=1S/C15H18N2O2/c1-3-19-15-7-5-4-6-14(15)17-16-12-8-10-13(18-2)11-9-12/h4-11,16-17H,3H2,1-2H3. The van der Waals surface area contributed by atoms with E-state index in [4.69, 9.17) is 9.47 Å². The molecule has 0 aliphatic carbocycles. The molecule has 0 radical (unpaired) electrons. The molecule has 2 N–H and O–H groups in total. The van der Waals surface area contributed by atoms with E-state index in [0.717, 1.165) is 22.9 Å². The second-order valence-electron chi connectivity index (χ2n) is 3.91. The van der Waals surface area contributed by atoms with Gasteiger partial charge in [0.05, 0.1) is 25.1 Å². The van der Waals surface area contributed by atoms with Crippen molar-refractivity contribution >= 4 is 11.4 Å². The van der Waals surface area contributed by atoms with E-state index < -0.39 is 0 Å². The van der Waals surface area contributed by atoms with E-state index in [1.165, 1.54) is 0 Å². The maximum absolute atomic E-state index is 5.54. The number of hydrogen-bond acceptors (Lipinski definition) is 4. The molecule has 2 rings (SSSR count). The summed E-state index contributed by atoms with van der Waals surface area (Å²) >= 11 is 0. The van der Waals surface area contributed by atoms with Crippen molar-refractivity contribution in [1.82, 2.24) is 0 Å². The van der Waals surface area contributed by atoms with Crippen LogP contribution in [0.4, 0.5) is 11.4 Å². The van der Waals surface area contributed by atoms with Gasteiger partial charge in [-0.2, -0.15) is 0 Å². The van der Waals surface area contributed by atoms with Crippen LogP contribution in [0.2, 0.25) is 0 Å². The molecule has 0 unspecified atom stereocenters. The van der Waals surface area contributed by atoms with Gasteiger partial charge in [-0.25, -0.2) is 0 Å². The van der Waals surface area contributed by atoms with Crippen LogP contribution in [-0.4, -0.2) is 13.7 Å². The quantitative estimate of drug-likeness (QED) is 0.778. The topological polar surface area (TPSA) is 42.5 Å². The molecule has 0 spiro atoms. The van der Waals surface area contributed by atoms with Crippen LogP contribution in [0.3, 0.4) is 0 Å². The zero-order chi connectivity index (χ0) is 13.5. The van der Waals surface area contributed by atoms with Crippen molar-refractivity contribution in [1.29, 1.82) is 0 Å². The van der Waals surface area contributed by atoms with Gasteiger partial charge in [-0.05, 0) is 43.3 Å². The van der Waals surface area contributed by atoms with Crippen molar-refractivity contribution in [2.75, 3.05) is 24.6 Å². The molecule has 0 fully saturated rings. The van der Waals surface area contributed by atoms with Gasteiger partial charge in [-0.15, -0.1) is 0 Å². The molecule has 0 heterocycles. The van der Waals surface area contributed by atoms with Gasteiger partial charge in [0, 0.05) is 0 Å². The van der Waals surface area contributed by atoms with Gasteiger partial charge in [-0.1, -0.05) is 12.1 Å². The van der Waals surface area contributed by atoms with Crippen molar-refractivity contribution in [3.8, 4) is 11.5 Å². The number of benzene rings is 2. The van der Waals surface area contributed by atoms with E-state index in [1.54, 1.807) is 7.11 Å². The number of nitrogens with one attached hydrogen (secondary N) is 2. The molecule has 0 atom stereocenters. The van der Waals surface area contributed by atoms with Crippen LogP contribution >= 0.6 is 0 Å². The largest absolute Gasteiger partial charge is 0.497 e. The van der Waals surface area contributed by atoms with Crippen LogP contribution < -0.4 is 20.3 Å². The first kappa shape index (κ1) is 13.1. The van der Waals surface area contributed by atoms with Crippen LogP contribution in [0, 0.1) is 0 Å². The van der Waals surface area contributed by atoms with Crippen LogP contribution in [0.25, 0.3) is 0 Å². The Bertz CT molecular complexity index is 512. The molecule has 100 valence electrons. The first-order chi connectivity index (χ1) is 9.33. The summed E-state index contributed by atoms with van der Waals surface area (Å²) in [7, 11) is 1.65. The molecule has 0 saturated heterocycles. The summed E-state index contributed by atoms with van der Waals surface area (Å²) in [6.07, 6.45) is 0. The summed E-state index contributed by atoms with van der Waals surface area (Å²) in [6.45, 7) is 2.61. The molecule has 19 heavy (non-hydrogen) atoms. The SMILES string of the molecule is CCOc1ccccc1NNc1ccc(OC)cc1. The molecule has 0 amide bonds. The number of hydrogen-bond donors (Lipinski definition) is 2. The second kappa shape index (κ2) is 6.54. The van der Waals surface area contributed by atoms with Gasteiger partial charge in [0.25, 0.3) is 0 Å². The Balaban J connectivity index is 2.01. The van der Waals surface area contributed by atoms with Crippen molar-refractivity contribution in [2.24, 2.45) is 0 Å². The summed E-state index contributed by atoms with van der Waals surface area (Å²) in [6, 6.07) is 15.5. The molecule has 0 saturated carbocycles. The summed E-state index contributed by atoms with van der Waals surface area (Å²) < 4.78 is 10.7. The fourth-order valence-corrected chi connectivity index (χ4v) is 1.67. The number of para-hydroxylation sites is 2. The fourth-order valence-electron chi connectivity index (χ4n) is 1.67. The van der Waals surface area contributed by atoms with Crippen molar-refractivity contribution in [2.45, 2.75) is 6.92 Å². The van der Waals surface area contributed by atoms with Crippen molar-refractivity contribution in [3.63, 3.8) is 0 Å². The zero-order valence-electron chi connectivity index (χ0n) is 11.1. The summed E-state index contributed by atoms with van der Waals surface area (Å²) in [5, 5.41) is 0. The Morgan fingerprint density at radius 3 is 2.37 bits per heavy atom. The first-order valence-electron chi connectivity index (χ1n) is 6.21. The zero-order valence-corrected chi connectivity index (χ0v) is 11.1. The minimum absolute atomic E-state index is 0.640. The minimum atomic E-state index is 0.640. The van der Waals surface area contributed by atoms with Gasteiger partial charge in [0.2, 0.25) is 0 Å². The summed E-state index contributed by atoms with van der Waals surface area (Å²) in [5.41, 5.74) is 8.12. The number of ether oxygens (including phenoxy) is 2. The lowest BCUT2D eigenvalue weighted by molar-refractivity contribution is 0.342. The monoisotopic (exact) mass is 258 g/mol. The van der Waals surface area contributed by atoms with Gasteiger partial charge in [0.15, 0.2) is 0 Å². The Labute approximate surface area is 113 Å². The fraction of sp³-hybridized carbons (Fsp3) is 0.200. The highest BCUT2D eigenvalue weighted by molar-refractivity contribution is 5.60. The predicted octanol–water partition coefficient (Wildman–Crippen LogP) is 3.53. The number of methoxy groups -OCH3 is 1. The van der Waals surface area contributed by atoms with E-state index in [9.17, 15) is 0 Å². The van der Waals surface area contributed by atoms with Crippen LogP contribution in [0.1, 0.15) is 6.92 Å². The molecule has 4 nitrogen and oxygen atoms in total. The molecule has 0 aliphatic rings. The highest BCUT2D eigenvalue weighted by Gasteiger charge is 2.01. The number of hydrazine groups is 1. The van der Waals surface area contributed by atoms with Gasteiger partial charge < -0.3 is 14.9 Å². The van der Waals surface area contributed by atoms with Crippen LogP contribution in [-0.2, 0) is 0 Å². The van der Waals surface area contributed by atoms with Crippen molar-refractivity contribution < 1.29 is 9.47 Å². The first-order valence-corrected chi connectivity index (χ1v) is 6.21. The highest BCUT2D eigenvalue weighted by Crippen LogP contribution is 2.24. The maximum Gasteiger partial charge on any atom is 0.144 e. The number of anilines is 2. The summed E-state index contributed by atoms with van der Waals surface area (Å²) in [4.78, 5) is 0. The lowest BCUT2D eigenvalue weighted by atomic mass is 10.3. The molecule has 2 aromatic rings. The van der Waals surface area contributed by atoms with Crippen LogP contribution in [0.15, 0.2) is 48.5 Å². The Kier molecular flexibility index (Phi) is 4.50. The molecule has 4 heteroatoms. The van der Waals surface area contributed by atoms with Gasteiger partial charge in [-0.3, -0.25) is 5.43 Å². The van der Waals surface area contributed by atoms with Crippen LogP contribution in [0.5, 0.6) is 11.5 Å². The maximum atomic E-state index is 5.54. The third kappa shape index (κ3) is 3.55. The van der Waals surface area contributed by atoms with E-state index in [0.29, 0.717) is 6.61 Å². The molecule has 0 aromatic heterocycles. The third-order valence-electron chi connectivity index (χ3n) is 2.62. The Morgan fingerprint density at radius 1 is 0.947 bits per heavy atom. The normalized spacial score (nSPS) is 9.79. The lowest BCUT2D eigenvalue weighted by Crippen LogP contribution is -2.09. The van der Waals surface area contributed by atoms with Gasteiger partial charge >= 0.3 is 0 Å². The minimum Gasteiger partial charge on any atom is -0.497 e. The molecule has 0 bridgehead atoms.